The van der Waals surface area contributed by atoms with Crippen molar-refractivity contribution in [3.63, 3.8) is 0 Å². The first-order valence-corrected chi connectivity index (χ1v) is 9.05. The van der Waals surface area contributed by atoms with E-state index in [9.17, 15) is 4.79 Å². The van der Waals surface area contributed by atoms with E-state index in [0.717, 1.165) is 24.8 Å². The second-order valence-corrected chi connectivity index (χ2v) is 7.43. The highest BCUT2D eigenvalue weighted by Gasteiger charge is 2.27. The fraction of sp³-hybridized carbons (Fsp3) is 0.550. The Balaban J connectivity index is 2.93. The number of nitrogens with two attached hydrogens (primary N) is 1. The highest BCUT2D eigenvalue weighted by Crippen LogP contribution is 2.32. The van der Waals surface area contributed by atoms with Crippen LogP contribution in [0.2, 0.25) is 0 Å². The van der Waals surface area contributed by atoms with Gasteiger partial charge in [0, 0.05) is 23.0 Å². The molecule has 0 unspecified atom stereocenters. The van der Waals surface area contributed by atoms with Crippen molar-refractivity contribution in [2.75, 3.05) is 5.73 Å². The van der Waals surface area contributed by atoms with Gasteiger partial charge in [0.15, 0.2) is 0 Å². The molecule has 0 saturated carbocycles. The van der Waals surface area contributed by atoms with Crippen LogP contribution in [0.3, 0.4) is 0 Å². The van der Waals surface area contributed by atoms with Crippen molar-refractivity contribution in [3.05, 3.63) is 29.3 Å². The molecule has 1 rings (SSSR count). The predicted molar refractivity (Wildman–Crippen MR) is 105 cm³/mol. The van der Waals surface area contributed by atoms with E-state index in [1.165, 1.54) is 6.07 Å². The minimum atomic E-state index is -0.889. The van der Waals surface area contributed by atoms with Crippen LogP contribution in [-0.2, 0) is 10.3 Å². The van der Waals surface area contributed by atoms with Crippen LogP contribution in [0, 0.1) is 16.7 Å². The zero-order chi connectivity index (χ0) is 19.9. The van der Waals surface area contributed by atoms with E-state index in [2.05, 4.69) is 18.7 Å². The zero-order valence-corrected chi connectivity index (χ0v) is 16.2. The molecule has 0 aliphatic heterocycles. The minimum Gasteiger partial charge on any atom is -0.398 e. The van der Waals surface area contributed by atoms with Crippen molar-refractivity contribution in [1.29, 1.82) is 10.8 Å². The Bertz CT molecular complexity index is 668. The summed E-state index contributed by atoms with van der Waals surface area (Å²) >= 11 is 0. The van der Waals surface area contributed by atoms with Gasteiger partial charge in [0.1, 0.15) is 0 Å². The molecular formula is C20H31N3O3. The van der Waals surface area contributed by atoms with E-state index in [4.69, 9.17) is 21.8 Å². The molecule has 0 amide bonds. The number of anilines is 1. The molecular weight excluding hydrogens is 330 g/mol. The number of nitrogen functional groups attached to an aromatic ring is 1. The second-order valence-electron chi connectivity index (χ2n) is 7.43. The van der Waals surface area contributed by atoms with Crippen LogP contribution >= 0.6 is 0 Å². The Morgan fingerprint density at radius 2 is 1.96 bits per heavy atom. The van der Waals surface area contributed by atoms with Crippen LogP contribution in [0.5, 0.6) is 0 Å². The number of rotatable bonds is 10. The lowest BCUT2D eigenvalue weighted by atomic mass is 9.76. The molecule has 0 aromatic heterocycles. The standard InChI is InChI=1S/C20H31N3O3/c1-5-7-15(21)10-13(6-2)18(23)12-20(3,4)14-8-9-16(17(22)11-14)19(24)26-25/h8-9,11,13,21,23,25H,5-7,10,12,22H2,1-4H3/t13-/m0/s1. The summed E-state index contributed by atoms with van der Waals surface area (Å²) in [6, 6.07) is 5.00. The maximum atomic E-state index is 11.5. The Morgan fingerprint density at radius 1 is 1.31 bits per heavy atom. The zero-order valence-electron chi connectivity index (χ0n) is 16.2. The number of benzene rings is 1. The minimum absolute atomic E-state index is 0.0781. The third-order valence-electron chi connectivity index (χ3n) is 4.80. The highest BCUT2D eigenvalue weighted by atomic mass is 17.1. The van der Waals surface area contributed by atoms with Crippen LogP contribution in [-0.4, -0.2) is 22.6 Å². The molecule has 0 heterocycles. The van der Waals surface area contributed by atoms with Crippen molar-refractivity contribution < 1.29 is 14.9 Å². The molecule has 5 N–H and O–H groups in total. The van der Waals surface area contributed by atoms with E-state index < -0.39 is 5.97 Å². The van der Waals surface area contributed by atoms with Gasteiger partial charge in [-0.05, 0) is 48.8 Å². The molecule has 0 radical (unpaired) electrons. The first-order chi connectivity index (χ1) is 12.2. The fourth-order valence-corrected chi connectivity index (χ4v) is 3.16. The summed E-state index contributed by atoms with van der Waals surface area (Å²) in [7, 11) is 0. The van der Waals surface area contributed by atoms with Crippen molar-refractivity contribution in [2.45, 2.75) is 65.2 Å². The van der Waals surface area contributed by atoms with E-state index >= 15 is 0 Å². The molecule has 0 fully saturated rings. The molecule has 26 heavy (non-hydrogen) atoms. The van der Waals surface area contributed by atoms with Gasteiger partial charge in [0.2, 0.25) is 0 Å². The summed E-state index contributed by atoms with van der Waals surface area (Å²) in [4.78, 5) is 15.2. The quantitative estimate of drug-likeness (QED) is 0.206. The maximum absolute atomic E-state index is 11.5. The lowest BCUT2D eigenvalue weighted by Gasteiger charge is -2.29. The van der Waals surface area contributed by atoms with Gasteiger partial charge in [-0.2, -0.15) is 5.26 Å². The van der Waals surface area contributed by atoms with Gasteiger partial charge < -0.3 is 16.6 Å². The van der Waals surface area contributed by atoms with Crippen LogP contribution in [0.4, 0.5) is 5.69 Å². The van der Waals surface area contributed by atoms with Gasteiger partial charge in [-0.15, -0.1) is 0 Å². The monoisotopic (exact) mass is 361 g/mol. The van der Waals surface area contributed by atoms with Crippen molar-refractivity contribution in [2.24, 2.45) is 5.92 Å². The van der Waals surface area contributed by atoms with Crippen LogP contribution in [0.25, 0.3) is 0 Å². The topological polar surface area (TPSA) is 120 Å². The molecule has 0 spiro atoms. The molecule has 144 valence electrons. The average molecular weight is 361 g/mol. The Morgan fingerprint density at radius 3 is 2.46 bits per heavy atom. The summed E-state index contributed by atoms with van der Waals surface area (Å²) < 4.78 is 0. The Kier molecular flexibility index (Phi) is 7.96. The average Bonchev–Trinajstić information content (AvgIpc) is 2.58. The van der Waals surface area contributed by atoms with E-state index in [0.29, 0.717) is 24.3 Å². The number of hydrogen-bond donors (Lipinski definition) is 4. The van der Waals surface area contributed by atoms with Gasteiger partial charge in [0.25, 0.3) is 0 Å². The van der Waals surface area contributed by atoms with Crippen molar-refractivity contribution >= 4 is 23.1 Å². The predicted octanol–water partition coefficient (Wildman–Crippen LogP) is 4.82. The number of hydrogen-bond acceptors (Lipinski definition) is 6. The summed E-state index contributed by atoms with van der Waals surface area (Å²) in [5, 5.41) is 25.1. The van der Waals surface area contributed by atoms with Crippen molar-refractivity contribution in [1.82, 2.24) is 0 Å². The molecule has 1 aromatic rings. The normalized spacial score (nSPS) is 12.5. The van der Waals surface area contributed by atoms with E-state index in [-0.39, 0.29) is 22.6 Å². The first-order valence-electron chi connectivity index (χ1n) is 9.05. The summed E-state index contributed by atoms with van der Waals surface area (Å²) in [5.74, 6) is -0.811. The molecule has 6 heteroatoms. The number of carbonyl (C=O) groups is 1. The molecule has 6 nitrogen and oxygen atoms in total. The number of carbonyl (C=O) groups excluding carboxylic acids is 1. The third-order valence-corrected chi connectivity index (χ3v) is 4.80. The van der Waals surface area contributed by atoms with Gasteiger partial charge in [0.05, 0.1) is 5.56 Å². The SMILES string of the molecule is CCCC(=N)C[C@H](CC)C(=N)CC(C)(C)c1ccc(C(=O)OO)c(N)c1. The summed E-state index contributed by atoms with van der Waals surface area (Å²) in [6.45, 7) is 8.18. The first kappa shape index (κ1) is 21.8. The van der Waals surface area contributed by atoms with Crippen LogP contribution in [0.15, 0.2) is 18.2 Å². The van der Waals surface area contributed by atoms with Gasteiger partial charge in [-0.1, -0.05) is 40.2 Å². The lowest BCUT2D eigenvalue weighted by Crippen LogP contribution is -2.27. The van der Waals surface area contributed by atoms with E-state index in [1.807, 2.05) is 13.8 Å². The second kappa shape index (κ2) is 9.48. The lowest BCUT2D eigenvalue weighted by molar-refractivity contribution is -0.182. The molecule has 0 saturated heterocycles. The highest BCUT2D eigenvalue weighted by molar-refractivity contribution is 5.95. The van der Waals surface area contributed by atoms with Gasteiger partial charge in [-0.25, -0.2) is 4.79 Å². The van der Waals surface area contributed by atoms with E-state index in [1.54, 1.807) is 12.1 Å². The Labute approximate surface area is 155 Å². The van der Waals surface area contributed by atoms with Crippen LogP contribution in [0.1, 0.15) is 75.7 Å². The summed E-state index contributed by atoms with van der Waals surface area (Å²) in [6.07, 6.45) is 3.77. The molecule has 1 aromatic carbocycles. The van der Waals surface area contributed by atoms with Crippen LogP contribution < -0.4 is 5.73 Å². The van der Waals surface area contributed by atoms with Gasteiger partial charge >= 0.3 is 5.97 Å². The van der Waals surface area contributed by atoms with Crippen molar-refractivity contribution in [3.8, 4) is 0 Å². The molecule has 0 aliphatic carbocycles. The third kappa shape index (κ3) is 5.66. The molecule has 1 atom stereocenters. The maximum Gasteiger partial charge on any atom is 0.374 e. The smallest absolute Gasteiger partial charge is 0.374 e. The fourth-order valence-electron chi connectivity index (χ4n) is 3.16. The Hall–Kier alpha value is -2.21. The molecule has 0 aliphatic rings. The van der Waals surface area contributed by atoms with Gasteiger partial charge in [-0.3, -0.25) is 4.89 Å². The largest absolute Gasteiger partial charge is 0.398 e. The summed E-state index contributed by atoms with van der Waals surface area (Å²) in [5.41, 5.74) is 8.17. The molecule has 0 bridgehead atoms. The number of nitrogens with one attached hydrogen (secondary N) is 2.